The van der Waals surface area contributed by atoms with E-state index in [4.69, 9.17) is 23.2 Å². The molecular formula is C27H26BrCl2N5O5S. The van der Waals surface area contributed by atoms with E-state index in [2.05, 4.69) is 20.9 Å². The van der Waals surface area contributed by atoms with Crippen molar-refractivity contribution in [2.24, 2.45) is 0 Å². The van der Waals surface area contributed by atoms with Crippen LogP contribution in [0.5, 0.6) is 0 Å². The van der Waals surface area contributed by atoms with Crippen molar-refractivity contribution in [1.29, 1.82) is 0 Å². The largest absolute Gasteiger partial charge is 0.380 e. The fraction of sp³-hybridized carbons (Fsp3) is 0.370. The summed E-state index contributed by atoms with van der Waals surface area (Å²) in [7, 11) is -4.13. The molecule has 216 valence electrons. The molecule has 1 saturated carbocycles. The van der Waals surface area contributed by atoms with Gasteiger partial charge in [0.25, 0.3) is 21.8 Å². The second-order valence-electron chi connectivity index (χ2n) is 10.8. The average Bonchev–Trinajstić information content (AvgIpc) is 3.45. The van der Waals surface area contributed by atoms with Crippen LogP contribution in [0.3, 0.4) is 0 Å². The van der Waals surface area contributed by atoms with Gasteiger partial charge in [-0.25, -0.2) is 18.3 Å². The third-order valence-corrected chi connectivity index (χ3v) is 10.7. The van der Waals surface area contributed by atoms with Gasteiger partial charge < -0.3 is 10.0 Å². The maximum Gasteiger partial charge on any atom is 0.260 e. The van der Waals surface area contributed by atoms with E-state index in [0.717, 1.165) is 10.0 Å². The van der Waals surface area contributed by atoms with E-state index in [1.807, 2.05) is 24.3 Å². The van der Waals surface area contributed by atoms with Crippen LogP contribution in [0.1, 0.15) is 25.3 Å². The quantitative estimate of drug-likeness (QED) is 0.421. The van der Waals surface area contributed by atoms with Crippen molar-refractivity contribution >= 4 is 72.6 Å². The Hall–Kier alpha value is -2.48. The molecule has 0 spiro atoms. The number of hydrogen-bond donors (Lipinski definition) is 1. The number of carbonyl (C=O) groups excluding carboxylic acids is 2. The molecule has 0 radical (unpaired) electrons. The number of nitrogens with zero attached hydrogens (tertiary/aromatic N) is 5. The first-order valence-corrected chi connectivity index (χ1v) is 16.0. The Labute approximate surface area is 255 Å². The molecule has 10 nitrogen and oxygen atoms in total. The molecule has 2 aromatic carbocycles. The van der Waals surface area contributed by atoms with E-state index >= 15 is 0 Å². The normalized spacial score (nSPS) is 22.2. The van der Waals surface area contributed by atoms with Crippen LogP contribution in [-0.4, -0.2) is 75.9 Å². The minimum absolute atomic E-state index is 0.0512. The summed E-state index contributed by atoms with van der Waals surface area (Å²) in [5.41, 5.74) is -1.48. The number of amides is 2. The van der Waals surface area contributed by atoms with Crippen molar-refractivity contribution in [2.45, 2.75) is 42.4 Å². The van der Waals surface area contributed by atoms with Crippen LogP contribution in [0.4, 0.5) is 11.6 Å². The number of halogens is 3. The Bertz CT molecular complexity index is 1650. The molecule has 3 heterocycles. The number of hydrogen-bond acceptors (Lipinski definition) is 6. The molecule has 2 aliphatic heterocycles. The highest BCUT2D eigenvalue weighted by Gasteiger charge is 2.53. The van der Waals surface area contributed by atoms with Crippen molar-refractivity contribution < 1.29 is 23.1 Å². The number of sulfonamides is 1. The number of aliphatic hydroxyl groups is 1. The first kappa shape index (κ1) is 28.6. The zero-order valence-electron chi connectivity index (χ0n) is 21.9. The fourth-order valence-corrected chi connectivity index (χ4v) is 7.89. The Morgan fingerprint density at radius 2 is 1.66 bits per heavy atom. The Morgan fingerprint density at radius 3 is 2.24 bits per heavy atom. The van der Waals surface area contributed by atoms with Crippen LogP contribution >= 0.6 is 39.1 Å². The highest BCUT2D eigenvalue weighted by Crippen LogP contribution is 2.45. The van der Waals surface area contributed by atoms with E-state index in [-0.39, 0.29) is 55.4 Å². The zero-order valence-corrected chi connectivity index (χ0v) is 25.8. The summed E-state index contributed by atoms with van der Waals surface area (Å²) in [5, 5.41) is 10.7. The van der Waals surface area contributed by atoms with Crippen molar-refractivity contribution in [1.82, 2.24) is 18.8 Å². The number of benzene rings is 2. The number of piperazine rings is 1. The smallest absolute Gasteiger partial charge is 0.260 e. The number of rotatable bonds is 6. The van der Waals surface area contributed by atoms with E-state index in [0.29, 0.717) is 28.6 Å². The van der Waals surface area contributed by atoms with Gasteiger partial charge in [-0.2, -0.15) is 4.31 Å². The van der Waals surface area contributed by atoms with Crippen molar-refractivity contribution in [3.63, 3.8) is 0 Å². The van der Waals surface area contributed by atoms with Crippen molar-refractivity contribution in [3.8, 4) is 0 Å². The van der Waals surface area contributed by atoms with Crippen LogP contribution in [0, 0.1) is 0 Å². The van der Waals surface area contributed by atoms with E-state index < -0.39 is 21.2 Å². The second kappa shape index (κ2) is 10.1. The molecule has 14 heteroatoms. The molecule has 1 aromatic heterocycles. The van der Waals surface area contributed by atoms with Gasteiger partial charge in [-0.15, -0.1) is 0 Å². The molecule has 1 N–H and O–H groups in total. The number of imidazole rings is 1. The van der Waals surface area contributed by atoms with E-state index in [1.54, 1.807) is 25.1 Å². The van der Waals surface area contributed by atoms with Gasteiger partial charge in [-0.1, -0.05) is 51.3 Å². The molecule has 1 saturated heterocycles. The van der Waals surface area contributed by atoms with Gasteiger partial charge in [0, 0.05) is 47.1 Å². The lowest BCUT2D eigenvalue weighted by Gasteiger charge is -2.35. The number of carbonyl (C=O) groups is 2. The Balaban J connectivity index is 1.39. The molecule has 3 aliphatic rings. The SMILES string of the molecule is C[C@@]1(Cc2ccc(Br)cc2)C(=O)N(c2cc(Cl)cc(Cl)c2)c2ncc(S(=O)(=O)N3CCN(C(=O)C4(O)CC4)CC3)n21. The van der Waals surface area contributed by atoms with Crippen LogP contribution in [0.15, 0.2) is 58.2 Å². The number of fused-ring (bicyclic) bond motifs is 1. The number of anilines is 2. The maximum atomic E-state index is 14.2. The molecule has 2 fully saturated rings. The van der Waals surface area contributed by atoms with Crippen LogP contribution in [0.25, 0.3) is 0 Å². The summed E-state index contributed by atoms with van der Waals surface area (Å²) in [6.45, 7) is 2.11. The highest BCUT2D eigenvalue weighted by atomic mass is 79.9. The topological polar surface area (TPSA) is 116 Å². The predicted octanol–water partition coefficient (Wildman–Crippen LogP) is 3.95. The second-order valence-corrected chi connectivity index (χ2v) is 14.5. The number of aromatic nitrogens is 2. The van der Waals surface area contributed by atoms with Crippen molar-refractivity contribution in [2.75, 3.05) is 31.1 Å². The third kappa shape index (κ3) is 4.88. The van der Waals surface area contributed by atoms with Gasteiger partial charge >= 0.3 is 0 Å². The molecule has 1 atom stereocenters. The minimum atomic E-state index is -4.13. The molecule has 2 amide bonds. The van der Waals surface area contributed by atoms with Gasteiger partial charge in [0.1, 0.15) is 11.1 Å². The summed E-state index contributed by atoms with van der Waals surface area (Å²) in [6.07, 6.45) is 2.30. The summed E-state index contributed by atoms with van der Waals surface area (Å²) >= 11 is 16.0. The van der Waals surface area contributed by atoms with E-state index in [1.165, 1.54) is 24.9 Å². The Morgan fingerprint density at radius 1 is 1.05 bits per heavy atom. The van der Waals surface area contributed by atoms with Crippen LogP contribution < -0.4 is 4.90 Å². The van der Waals surface area contributed by atoms with Gasteiger partial charge in [0.2, 0.25) is 5.95 Å². The molecule has 1 aliphatic carbocycles. The summed E-state index contributed by atoms with van der Waals surface area (Å²) < 4.78 is 31.8. The third-order valence-electron chi connectivity index (χ3n) is 7.89. The molecule has 0 bridgehead atoms. The van der Waals surface area contributed by atoms with Gasteiger partial charge in [0.05, 0.1) is 11.9 Å². The average molecular weight is 683 g/mol. The molecular weight excluding hydrogens is 657 g/mol. The molecule has 41 heavy (non-hydrogen) atoms. The lowest BCUT2D eigenvalue weighted by atomic mass is 9.92. The van der Waals surface area contributed by atoms with E-state index in [9.17, 15) is 23.1 Å². The molecule has 3 aromatic rings. The molecule has 6 rings (SSSR count). The van der Waals surface area contributed by atoms with Crippen LogP contribution in [0.2, 0.25) is 10.0 Å². The Kier molecular flexibility index (Phi) is 7.03. The summed E-state index contributed by atoms with van der Waals surface area (Å²) in [6, 6.07) is 12.2. The molecule has 0 unspecified atom stereocenters. The van der Waals surface area contributed by atoms with Gasteiger partial charge in [-0.05, 0) is 55.7 Å². The van der Waals surface area contributed by atoms with Crippen molar-refractivity contribution in [3.05, 3.63) is 68.7 Å². The lowest BCUT2D eigenvalue weighted by molar-refractivity contribution is -0.143. The summed E-state index contributed by atoms with van der Waals surface area (Å²) in [5.74, 6) is -0.606. The monoisotopic (exact) mass is 681 g/mol. The highest BCUT2D eigenvalue weighted by molar-refractivity contribution is 9.10. The first-order valence-electron chi connectivity index (χ1n) is 13.0. The minimum Gasteiger partial charge on any atom is -0.380 e. The maximum absolute atomic E-state index is 14.2. The van der Waals surface area contributed by atoms with Gasteiger partial charge in [-0.3, -0.25) is 14.2 Å². The fourth-order valence-electron chi connectivity index (χ4n) is 5.50. The van der Waals surface area contributed by atoms with Crippen LogP contribution in [-0.2, 0) is 31.6 Å². The first-order chi connectivity index (χ1) is 19.3. The van der Waals surface area contributed by atoms with Gasteiger partial charge in [0.15, 0.2) is 5.03 Å². The standard InChI is InChI=1S/C27H26BrCl2N5O5S/c1-26(15-17-2-4-18(28)5-3-17)23(36)34(21-13-19(29)12-20(30)14-21)25-31-16-22(35(25)26)41(39,40)33-10-8-32(9-11-33)24(37)27(38)6-7-27/h2-5,12-14,16,38H,6-11,15H2,1H3/t26-/m1/s1. The predicted molar refractivity (Wildman–Crippen MR) is 157 cm³/mol. The lowest BCUT2D eigenvalue weighted by Crippen LogP contribution is -2.53. The summed E-state index contributed by atoms with van der Waals surface area (Å²) in [4.78, 5) is 34.1. The zero-order chi connectivity index (χ0) is 29.3.